The molecule has 0 unspecified atom stereocenters. The van der Waals surface area contributed by atoms with Crippen molar-refractivity contribution in [3.63, 3.8) is 0 Å². The number of hydrogen-bond acceptors (Lipinski definition) is 6. The van der Waals surface area contributed by atoms with Gasteiger partial charge in [0.1, 0.15) is 5.82 Å². The van der Waals surface area contributed by atoms with E-state index in [1.54, 1.807) is 13.0 Å². The van der Waals surface area contributed by atoms with Crippen LogP contribution in [0, 0.1) is 6.92 Å². The molecule has 0 fully saturated rings. The Morgan fingerprint density at radius 3 is 2.59 bits per heavy atom. The summed E-state index contributed by atoms with van der Waals surface area (Å²) in [6, 6.07) is 4.59. The summed E-state index contributed by atoms with van der Waals surface area (Å²) in [5, 5.41) is 5.25. The number of nitrogens with one attached hydrogen (secondary N) is 2. The Balaban J connectivity index is 2.06. The molecule has 2 amide bonds. The molecule has 2 N–H and O–H groups in total. The molecule has 0 saturated heterocycles. The monoisotopic (exact) mass is 408 g/mol. The number of carbonyl (C=O) groups is 2. The van der Waals surface area contributed by atoms with Crippen LogP contribution in [-0.2, 0) is 11.3 Å². The van der Waals surface area contributed by atoms with Gasteiger partial charge in [0.15, 0.2) is 12.4 Å². The van der Waals surface area contributed by atoms with Gasteiger partial charge in [-0.2, -0.15) is 0 Å². The lowest BCUT2D eigenvalue weighted by Gasteiger charge is -2.14. The van der Waals surface area contributed by atoms with Crippen LogP contribution in [0.15, 0.2) is 24.4 Å². The number of nitrogens with zero attached hydrogens (tertiary/aromatic N) is 2. The van der Waals surface area contributed by atoms with Crippen LogP contribution >= 0.6 is 0 Å². The number of aryl methyl sites for hydroxylation is 1. The van der Waals surface area contributed by atoms with Crippen LogP contribution in [0.3, 0.4) is 0 Å². The lowest BCUT2D eigenvalue weighted by atomic mass is 10.2. The van der Waals surface area contributed by atoms with Crippen LogP contribution < -0.4 is 20.1 Å². The van der Waals surface area contributed by atoms with Crippen molar-refractivity contribution in [2.24, 2.45) is 0 Å². The number of alkyl halides is 2. The zero-order valence-electron chi connectivity index (χ0n) is 16.5. The molecule has 29 heavy (non-hydrogen) atoms. The highest BCUT2D eigenvalue weighted by molar-refractivity contribution is 5.96. The summed E-state index contributed by atoms with van der Waals surface area (Å²) in [6.45, 7) is 3.07. The van der Waals surface area contributed by atoms with Crippen molar-refractivity contribution in [2.75, 3.05) is 19.0 Å². The molecule has 2 heterocycles. The molecule has 2 rings (SSSR count). The Morgan fingerprint density at radius 2 is 1.97 bits per heavy atom. The van der Waals surface area contributed by atoms with Crippen molar-refractivity contribution in [2.45, 2.75) is 33.2 Å². The van der Waals surface area contributed by atoms with Gasteiger partial charge in [0.25, 0.3) is 17.7 Å². The summed E-state index contributed by atoms with van der Waals surface area (Å²) in [4.78, 5) is 31.7. The molecule has 0 aromatic carbocycles. The van der Waals surface area contributed by atoms with E-state index in [1.807, 2.05) is 0 Å². The maximum atomic E-state index is 13.0. The van der Waals surface area contributed by atoms with Gasteiger partial charge in [-0.1, -0.05) is 0 Å². The number of hydrogen-bond donors (Lipinski definition) is 2. The molecule has 0 aliphatic carbocycles. The van der Waals surface area contributed by atoms with Crippen molar-refractivity contribution in [3.8, 4) is 11.6 Å². The van der Waals surface area contributed by atoms with Gasteiger partial charge in [0.05, 0.1) is 7.11 Å². The largest absolute Gasteiger partial charge is 0.491 e. The molecule has 2 aromatic rings. The zero-order valence-corrected chi connectivity index (χ0v) is 16.5. The number of rotatable bonds is 8. The molecular formula is C19H22F2N4O4. The summed E-state index contributed by atoms with van der Waals surface area (Å²) in [7, 11) is 1.36. The third-order valence-corrected chi connectivity index (χ3v) is 3.53. The topological polar surface area (TPSA) is 102 Å². The zero-order chi connectivity index (χ0) is 21.6. The highest BCUT2D eigenvalue weighted by atomic mass is 19.3. The number of pyridine rings is 2. The first kappa shape index (κ1) is 22.0. The molecule has 0 saturated carbocycles. The van der Waals surface area contributed by atoms with Crippen LogP contribution in [0.5, 0.6) is 11.6 Å². The van der Waals surface area contributed by atoms with Gasteiger partial charge in [-0.3, -0.25) is 9.59 Å². The van der Waals surface area contributed by atoms with Crippen molar-refractivity contribution in [1.29, 1.82) is 0 Å². The van der Waals surface area contributed by atoms with E-state index >= 15 is 0 Å². The molecule has 8 nitrogen and oxygen atoms in total. The number of carbonyl (C=O) groups excluding carboxylic acids is 2. The third-order valence-electron chi connectivity index (χ3n) is 3.53. The van der Waals surface area contributed by atoms with Crippen LogP contribution in [0.4, 0.5) is 14.6 Å². The first-order valence-corrected chi connectivity index (χ1v) is 8.65. The van der Waals surface area contributed by atoms with Gasteiger partial charge < -0.3 is 20.1 Å². The summed E-state index contributed by atoms with van der Waals surface area (Å²) >= 11 is 0. The second-order valence-corrected chi connectivity index (χ2v) is 6.46. The number of anilines is 1. The minimum atomic E-state index is -3.00. The van der Waals surface area contributed by atoms with Crippen LogP contribution in [-0.4, -0.2) is 41.4 Å². The molecule has 0 radical (unpaired) electrons. The molecule has 156 valence electrons. The number of aromatic nitrogens is 2. The highest BCUT2D eigenvalue weighted by Gasteiger charge is 2.23. The fourth-order valence-corrected chi connectivity index (χ4v) is 2.35. The summed E-state index contributed by atoms with van der Waals surface area (Å²) in [5.74, 6) is -3.29. The van der Waals surface area contributed by atoms with Crippen molar-refractivity contribution in [3.05, 3.63) is 41.2 Å². The molecule has 0 spiro atoms. The number of amides is 2. The molecule has 0 aliphatic rings. The minimum absolute atomic E-state index is 0.0613. The first-order valence-electron chi connectivity index (χ1n) is 8.65. The Bertz CT molecular complexity index is 900. The first-order chi connectivity index (χ1) is 13.6. The lowest BCUT2D eigenvalue weighted by molar-refractivity contribution is -0.114. The van der Waals surface area contributed by atoms with E-state index in [0.717, 1.165) is 6.92 Å². The summed E-state index contributed by atoms with van der Waals surface area (Å²) in [6.07, 6.45) is 1.40. The van der Waals surface area contributed by atoms with E-state index in [2.05, 4.69) is 20.6 Å². The molecule has 10 heteroatoms. The second-order valence-electron chi connectivity index (χ2n) is 6.46. The third kappa shape index (κ3) is 6.98. The Hall–Kier alpha value is -3.30. The lowest BCUT2D eigenvalue weighted by Crippen LogP contribution is -2.24. The van der Waals surface area contributed by atoms with Gasteiger partial charge >= 0.3 is 0 Å². The molecule has 2 aromatic heterocycles. The average molecular weight is 408 g/mol. The van der Waals surface area contributed by atoms with Crippen LogP contribution in [0.1, 0.15) is 35.5 Å². The van der Waals surface area contributed by atoms with Crippen molar-refractivity contribution in [1.82, 2.24) is 15.3 Å². The fourth-order valence-electron chi connectivity index (χ4n) is 2.35. The molecular weight excluding hydrogens is 386 g/mol. The van der Waals surface area contributed by atoms with E-state index in [1.165, 1.54) is 32.4 Å². The SMILES string of the molecule is COc1cc(CNC(=O)c2cc(C)nc(NC(C)=O)c2)cnc1OCC(C)(F)F. The average Bonchev–Trinajstić information content (AvgIpc) is 2.62. The van der Waals surface area contributed by atoms with Gasteiger partial charge in [-0.15, -0.1) is 0 Å². The Labute approximate surface area is 166 Å². The minimum Gasteiger partial charge on any atom is -0.491 e. The van der Waals surface area contributed by atoms with Gasteiger partial charge in [-0.25, -0.2) is 18.7 Å². The maximum Gasteiger partial charge on any atom is 0.278 e. The van der Waals surface area contributed by atoms with E-state index in [0.29, 0.717) is 16.8 Å². The number of ether oxygens (including phenoxy) is 2. The highest BCUT2D eigenvalue weighted by Crippen LogP contribution is 2.26. The molecule has 0 bridgehead atoms. The van der Waals surface area contributed by atoms with Crippen LogP contribution in [0.25, 0.3) is 0 Å². The number of methoxy groups -OCH3 is 1. The van der Waals surface area contributed by atoms with E-state index < -0.39 is 12.5 Å². The van der Waals surface area contributed by atoms with Crippen molar-refractivity contribution < 1.29 is 27.8 Å². The normalized spacial score (nSPS) is 11.0. The predicted molar refractivity (Wildman–Crippen MR) is 101 cm³/mol. The smallest absolute Gasteiger partial charge is 0.278 e. The second kappa shape index (κ2) is 9.26. The quantitative estimate of drug-likeness (QED) is 0.696. The Morgan fingerprint density at radius 1 is 1.24 bits per heavy atom. The standard InChI is InChI=1S/C19H22F2N4O4/c1-11-5-14(7-16(24-11)25-12(2)26)17(27)22-8-13-6-15(28-4)18(23-9-13)29-10-19(3,20)21/h5-7,9H,8,10H2,1-4H3,(H,22,27)(H,24,25,26). The van der Waals surface area contributed by atoms with Crippen LogP contribution in [0.2, 0.25) is 0 Å². The summed E-state index contributed by atoms with van der Waals surface area (Å²) < 4.78 is 36.0. The Kier molecular flexibility index (Phi) is 7.03. The van der Waals surface area contributed by atoms with Crippen molar-refractivity contribution >= 4 is 17.6 Å². The van der Waals surface area contributed by atoms with Gasteiger partial charge in [0, 0.05) is 37.8 Å². The van der Waals surface area contributed by atoms with Gasteiger partial charge in [0.2, 0.25) is 5.91 Å². The van der Waals surface area contributed by atoms with Gasteiger partial charge in [-0.05, 0) is 30.7 Å². The van der Waals surface area contributed by atoms with E-state index in [9.17, 15) is 18.4 Å². The number of halogens is 2. The molecule has 0 atom stereocenters. The fraction of sp³-hybridized carbons (Fsp3) is 0.368. The van der Waals surface area contributed by atoms with E-state index in [-0.39, 0.29) is 35.8 Å². The summed E-state index contributed by atoms with van der Waals surface area (Å²) in [5.41, 5.74) is 1.48. The molecule has 0 aliphatic heterocycles. The predicted octanol–water partition coefficient (Wildman–Crippen LogP) is 2.72. The van der Waals surface area contributed by atoms with E-state index in [4.69, 9.17) is 9.47 Å². The maximum absolute atomic E-state index is 13.0.